The molecule has 1 heterocycles. The Kier molecular flexibility index (Phi) is 8.75. The Morgan fingerprint density at radius 3 is 2.66 bits per heavy atom. The van der Waals surface area contributed by atoms with E-state index in [1.165, 1.54) is 17.0 Å². The van der Waals surface area contributed by atoms with E-state index in [0.29, 0.717) is 22.4 Å². The number of para-hydroxylation sites is 1. The summed E-state index contributed by atoms with van der Waals surface area (Å²) >= 11 is 9.62. The molecule has 5 rings (SSSR count). The number of rotatable bonds is 8. The molecule has 1 N–H and O–H groups in total. The second-order valence-corrected chi connectivity index (χ2v) is 11.0. The van der Waals surface area contributed by atoms with Crippen LogP contribution in [0.25, 0.3) is 10.9 Å². The number of aromatic nitrogens is 2. The normalized spacial score (nSPS) is 13.9. The lowest BCUT2D eigenvalue weighted by Gasteiger charge is -2.22. The Bertz CT molecular complexity index is 1700. The van der Waals surface area contributed by atoms with Crippen LogP contribution in [0.15, 0.2) is 75.0 Å². The molecular formula is C29H25BrClN5O5. The first kappa shape index (κ1) is 28.4. The van der Waals surface area contributed by atoms with Crippen LogP contribution in [-0.4, -0.2) is 33.3 Å². The van der Waals surface area contributed by atoms with Crippen molar-refractivity contribution < 1.29 is 14.5 Å². The van der Waals surface area contributed by atoms with E-state index in [1.54, 1.807) is 36.4 Å². The molecule has 0 atom stereocenters. The minimum Gasteiger partial charge on any atom is -0.476 e. The van der Waals surface area contributed by atoms with Crippen LogP contribution < -0.4 is 15.6 Å². The molecule has 0 bridgehead atoms. The molecule has 1 fully saturated rings. The molecule has 0 spiro atoms. The number of hydrogen-bond acceptors (Lipinski definition) is 7. The summed E-state index contributed by atoms with van der Waals surface area (Å²) in [6, 6.07) is 16.6. The van der Waals surface area contributed by atoms with Crippen LogP contribution in [-0.2, 0) is 4.79 Å². The van der Waals surface area contributed by atoms with Gasteiger partial charge >= 0.3 is 5.69 Å². The lowest BCUT2D eigenvalue weighted by atomic mass is 9.88. The molecule has 1 aliphatic rings. The number of ether oxygens (including phenoxy) is 1. The highest BCUT2D eigenvalue weighted by atomic mass is 79.9. The fraction of sp³-hybridized carbons (Fsp3) is 0.241. The van der Waals surface area contributed by atoms with Gasteiger partial charge in [-0.1, -0.05) is 65.0 Å². The average Bonchev–Trinajstić information content (AvgIpc) is 2.97. The van der Waals surface area contributed by atoms with Crippen molar-refractivity contribution in [2.75, 3.05) is 11.9 Å². The molecule has 41 heavy (non-hydrogen) atoms. The summed E-state index contributed by atoms with van der Waals surface area (Å²) in [4.78, 5) is 42.2. The van der Waals surface area contributed by atoms with Gasteiger partial charge in [0.2, 0.25) is 5.75 Å². The van der Waals surface area contributed by atoms with E-state index >= 15 is 0 Å². The molecule has 0 unspecified atom stereocenters. The zero-order valence-electron chi connectivity index (χ0n) is 21.8. The number of nitro groups is 1. The molecule has 1 aliphatic carbocycles. The van der Waals surface area contributed by atoms with Gasteiger partial charge in [-0.2, -0.15) is 9.78 Å². The minimum atomic E-state index is -0.650. The number of halogens is 2. The summed E-state index contributed by atoms with van der Waals surface area (Å²) in [5.74, 6) is -0.145. The van der Waals surface area contributed by atoms with Crippen LogP contribution in [0.4, 0.5) is 11.4 Å². The van der Waals surface area contributed by atoms with Gasteiger partial charge in [-0.3, -0.25) is 19.7 Å². The lowest BCUT2D eigenvalue weighted by Crippen LogP contribution is -2.25. The maximum atomic E-state index is 13.7. The first-order valence-corrected chi connectivity index (χ1v) is 14.2. The number of fused-ring (bicyclic) bond motifs is 1. The van der Waals surface area contributed by atoms with E-state index in [0.717, 1.165) is 42.6 Å². The number of nitro benzene ring substituents is 1. The third-order valence-corrected chi connectivity index (χ3v) is 7.49. The molecule has 4 aromatic rings. The lowest BCUT2D eigenvalue weighted by molar-refractivity contribution is -0.385. The zero-order valence-corrected chi connectivity index (χ0v) is 24.1. The van der Waals surface area contributed by atoms with Crippen LogP contribution >= 0.6 is 27.5 Å². The van der Waals surface area contributed by atoms with Gasteiger partial charge < -0.3 is 10.1 Å². The van der Waals surface area contributed by atoms with Crippen molar-refractivity contribution in [2.45, 2.75) is 38.0 Å². The summed E-state index contributed by atoms with van der Waals surface area (Å²) in [7, 11) is 0. The number of nitrogens with one attached hydrogen (secondary N) is 1. The number of anilines is 1. The van der Waals surface area contributed by atoms with Gasteiger partial charge in [0.15, 0.2) is 6.61 Å². The van der Waals surface area contributed by atoms with Gasteiger partial charge in [-0.15, -0.1) is 0 Å². The van der Waals surface area contributed by atoms with E-state index < -0.39 is 23.1 Å². The third-order valence-electron chi connectivity index (χ3n) is 6.78. The molecular weight excluding hydrogens is 614 g/mol. The van der Waals surface area contributed by atoms with Gasteiger partial charge in [-0.05, 0) is 49.2 Å². The van der Waals surface area contributed by atoms with Crippen molar-refractivity contribution in [3.63, 3.8) is 0 Å². The molecule has 0 aliphatic heterocycles. The number of hydrogen-bond donors (Lipinski definition) is 1. The van der Waals surface area contributed by atoms with E-state index in [4.69, 9.17) is 21.3 Å². The SMILES string of the molecule is O=C(COc1c(C=Nn2c(C3CCCCC3)nc3ccc(Br)cc3c2=O)cc(Cl)cc1[N+](=O)[O-])Nc1ccccc1. The number of amides is 1. The highest BCUT2D eigenvalue weighted by Crippen LogP contribution is 2.35. The Balaban J connectivity index is 1.54. The summed E-state index contributed by atoms with van der Waals surface area (Å²) < 4.78 is 7.63. The number of nitrogens with zero attached hydrogens (tertiary/aromatic N) is 4. The van der Waals surface area contributed by atoms with Crippen LogP contribution in [0.3, 0.4) is 0 Å². The smallest absolute Gasteiger partial charge is 0.313 e. The molecule has 1 amide bonds. The van der Waals surface area contributed by atoms with Crippen molar-refractivity contribution in [3.8, 4) is 5.75 Å². The van der Waals surface area contributed by atoms with E-state index in [9.17, 15) is 19.7 Å². The highest BCUT2D eigenvalue weighted by molar-refractivity contribution is 9.10. The quantitative estimate of drug-likeness (QED) is 0.130. The van der Waals surface area contributed by atoms with Crippen molar-refractivity contribution in [3.05, 3.63) is 102 Å². The number of carbonyl (C=O) groups is 1. The summed E-state index contributed by atoms with van der Waals surface area (Å²) in [5.41, 5.74) is 0.449. The molecule has 210 valence electrons. The highest BCUT2D eigenvalue weighted by Gasteiger charge is 2.24. The molecule has 0 saturated heterocycles. The van der Waals surface area contributed by atoms with Crippen LogP contribution in [0.5, 0.6) is 5.75 Å². The van der Waals surface area contributed by atoms with Crippen molar-refractivity contribution >= 4 is 61.9 Å². The van der Waals surface area contributed by atoms with Crippen LogP contribution in [0.1, 0.15) is 49.4 Å². The topological polar surface area (TPSA) is 129 Å². The van der Waals surface area contributed by atoms with E-state index in [1.807, 2.05) is 12.1 Å². The fourth-order valence-corrected chi connectivity index (χ4v) is 5.45. The largest absolute Gasteiger partial charge is 0.476 e. The molecule has 10 nitrogen and oxygen atoms in total. The molecule has 3 aromatic carbocycles. The maximum absolute atomic E-state index is 13.7. The van der Waals surface area contributed by atoms with Crippen LogP contribution in [0, 0.1) is 10.1 Å². The van der Waals surface area contributed by atoms with Crippen molar-refractivity contribution in [1.82, 2.24) is 9.66 Å². The van der Waals surface area contributed by atoms with Gasteiger partial charge in [0, 0.05) is 32.7 Å². The van der Waals surface area contributed by atoms with Gasteiger partial charge in [0.1, 0.15) is 5.82 Å². The minimum absolute atomic E-state index is 0.0350. The molecule has 1 saturated carbocycles. The van der Waals surface area contributed by atoms with Gasteiger partial charge in [0.25, 0.3) is 11.5 Å². The maximum Gasteiger partial charge on any atom is 0.313 e. The first-order valence-electron chi connectivity index (χ1n) is 13.0. The Morgan fingerprint density at radius 1 is 1.17 bits per heavy atom. The van der Waals surface area contributed by atoms with Crippen molar-refractivity contribution in [1.29, 1.82) is 0 Å². The molecule has 12 heteroatoms. The predicted molar refractivity (Wildman–Crippen MR) is 161 cm³/mol. The van der Waals surface area contributed by atoms with Crippen LogP contribution in [0.2, 0.25) is 5.02 Å². The number of benzene rings is 3. The zero-order chi connectivity index (χ0) is 28.9. The second-order valence-electron chi connectivity index (χ2n) is 9.63. The Labute approximate surface area is 248 Å². The summed E-state index contributed by atoms with van der Waals surface area (Å²) in [5, 5.41) is 19.5. The standard InChI is InChI=1S/C29H25BrClN5O5/c30-20-11-12-24-23(14-20)29(38)35(28(34-24)18-7-3-1-4-8-18)32-16-19-13-21(31)15-25(36(39)40)27(19)41-17-26(37)33-22-9-5-2-6-10-22/h2,5-6,9-16,18H,1,3-4,7-8,17H2,(H,33,37). The summed E-state index contributed by atoms with van der Waals surface area (Å²) in [6.07, 6.45) is 6.19. The average molecular weight is 639 g/mol. The Hall–Kier alpha value is -4.09. The Morgan fingerprint density at radius 2 is 1.93 bits per heavy atom. The second kappa shape index (κ2) is 12.6. The van der Waals surface area contributed by atoms with Crippen molar-refractivity contribution in [2.24, 2.45) is 5.10 Å². The van der Waals surface area contributed by atoms with E-state index in [-0.39, 0.29) is 27.8 Å². The third kappa shape index (κ3) is 6.63. The molecule has 1 aromatic heterocycles. The first-order chi connectivity index (χ1) is 19.8. The predicted octanol–water partition coefficient (Wildman–Crippen LogP) is 6.67. The van der Waals surface area contributed by atoms with E-state index in [2.05, 4.69) is 26.3 Å². The van der Waals surface area contributed by atoms with Gasteiger partial charge in [-0.25, -0.2) is 4.98 Å². The summed E-state index contributed by atoms with van der Waals surface area (Å²) in [6.45, 7) is -0.503. The molecule has 0 radical (unpaired) electrons. The van der Waals surface area contributed by atoms with Gasteiger partial charge in [0.05, 0.1) is 22.0 Å². The fourth-order valence-electron chi connectivity index (χ4n) is 4.87. The number of carbonyl (C=O) groups excluding carboxylic acids is 1. The monoisotopic (exact) mass is 637 g/mol.